The van der Waals surface area contributed by atoms with Gasteiger partial charge in [0.2, 0.25) is 0 Å². The summed E-state index contributed by atoms with van der Waals surface area (Å²) in [6, 6.07) is 3.95. The minimum absolute atomic E-state index is 0.294. The number of hydrogen-bond acceptors (Lipinski definition) is 1. The molecule has 0 N–H and O–H groups in total. The van der Waals surface area contributed by atoms with Crippen LogP contribution in [0.3, 0.4) is 0 Å². The quantitative estimate of drug-likeness (QED) is 0.537. The molecular weight excluding hydrogens is 366 g/mol. The Hall–Kier alpha value is 0.520. The molecule has 1 nitrogen and oxygen atoms in total. The largest absolute Gasteiger partial charge is 0.487 e. The predicted octanol–water partition coefficient (Wildman–Crippen LogP) is 3.84. The van der Waals surface area contributed by atoms with Gasteiger partial charge in [-0.15, -0.1) is 0 Å². The van der Waals surface area contributed by atoms with E-state index in [0.717, 1.165) is 21.1 Å². The summed E-state index contributed by atoms with van der Waals surface area (Å²) in [6.07, 6.45) is 1.26. The van der Waals surface area contributed by atoms with Crippen LogP contribution in [-0.2, 0) is 6.42 Å². The van der Waals surface area contributed by atoms with Crippen LogP contribution in [0.2, 0.25) is 5.02 Å². The summed E-state index contributed by atoms with van der Waals surface area (Å²) in [4.78, 5) is 0. The molecule has 2 rings (SSSR count). The van der Waals surface area contributed by atoms with Crippen LogP contribution in [0.15, 0.2) is 16.6 Å². The van der Waals surface area contributed by atoms with Crippen molar-refractivity contribution >= 4 is 50.1 Å². The molecule has 0 aromatic heterocycles. The minimum Gasteiger partial charge on any atom is -0.487 e. The Morgan fingerprint density at radius 2 is 2.38 bits per heavy atom. The van der Waals surface area contributed by atoms with Crippen molar-refractivity contribution in [3.8, 4) is 5.75 Å². The van der Waals surface area contributed by atoms with E-state index >= 15 is 0 Å². The molecule has 4 heteroatoms. The highest BCUT2D eigenvalue weighted by Gasteiger charge is 2.24. The molecule has 0 bridgehead atoms. The van der Waals surface area contributed by atoms with Crippen LogP contribution in [0.25, 0.3) is 0 Å². The van der Waals surface area contributed by atoms with Gasteiger partial charge in [-0.25, -0.2) is 0 Å². The first-order valence-corrected chi connectivity index (χ1v) is 6.61. The van der Waals surface area contributed by atoms with E-state index in [1.807, 2.05) is 6.07 Å². The zero-order valence-electron chi connectivity index (χ0n) is 6.69. The zero-order valence-corrected chi connectivity index (χ0v) is 11.2. The molecule has 70 valence electrons. The molecule has 0 saturated heterocycles. The topological polar surface area (TPSA) is 9.23 Å². The highest BCUT2D eigenvalue weighted by Crippen LogP contribution is 2.38. The normalized spacial score (nSPS) is 19.8. The molecule has 0 amide bonds. The lowest BCUT2D eigenvalue weighted by Gasteiger charge is -2.06. The SMILES string of the molecule is Clc1cc(Br)cc2c1OC(CI)C2. The van der Waals surface area contributed by atoms with Crippen LogP contribution in [0.5, 0.6) is 5.75 Å². The standard InChI is InChI=1S/C9H7BrClIO/c10-6-1-5-2-7(4-12)13-9(5)8(11)3-6/h1,3,7H,2,4H2. The van der Waals surface area contributed by atoms with E-state index in [4.69, 9.17) is 16.3 Å². The van der Waals surface area contributed by atoms with E-state index < -0.39 is 0 Å². The third-order valence-corrected chi connectivity index (χ3v) is 3.71. The van der Waals surface area contributed by atoms with E-state index in [1.54, 1.807) is 0 Å². The lowest BCUT2D eigenvalue weighted by atomic mass is 10.1. The molecule has 1 aliphatic rings. The number of alkyl halides is 1. The van der Waals surface area contributed by atoms with Gasteiger partial charge in [0, 0.05) is 20.9 Å². The first-order chi connectivity index (χ1) is 6.20. The van der Waals surface area contributed by atoms with Gasteiger partial charge in [-0.2, -0.15) is 0 Å². The first kappa shape index (κ1) is 10.1. The summed E-state index contributed by atoms with van der Waals surface area (Å²) in [5.74, 6) is 0.867. The average Bonchev–Trinajstić information content (AvgIpc) is 2.47. The molecule has 0 fully saturated rings. The lowest BCUT2D eigenvalue weighted by Crippen LogP contribution is -2.13. The summed E-state index contributed by atoms with van der Waals surface area (Å²) in [6.45, 7) is 0. The van der Waals surface area contributed by atoms with Gasteiger partial charge < -0.3 is 4.74 Å². The second-order valence-corrected chi connectivity index (χ2v) is 5.18. The number of hydrogen-bond donors (Lipinski definition) is 0. The van der Waals surface area contributed by atoms with Crippen LogP contribution in [0, 0.1) is 0 Å². The molecule has 1 unspecified atom stereocenters. The number of ether oxygens (including phenoxy) is 1. The molecule has 1 aromatic rings. The maximum atomic E-state index is 6.04. The van der Waals surface area contributed by atoms with Crippen molar-refractivity contribution in [1.82, 2.24) is 0 Å². The Morgan fingerprint density at radius 1 is 1.62 bits per heavy atom. The van der Waals surface area contributed by atoms with Gasteiger partial charge in [0.25, 0.3) is 0 Å². The molecule has 0 aliphatic carbocycles. The third kappa shape index (κ3) is 1.97. The summed E-state index contributed by atoms with van der Waals surface area (Å²) < 4.78 is 7.70. The van der Waals surface area contributed by atoms with Crippen molar-refractivity contribution in [2.24, 2.45) is 0 Å². The van der Waals surface area contributed by atoms with Crippen molar-refractivity contribution in [2.75, 3.05) is 4.43 Å². The van der Waals surface area contributed by atoms with Crippen molar-refractivity contribution in [2.45, 2.75) is 12.5 Å². The van der Waals surface area contributed by atoms with Gasteiger partial charge in [-0.1, -0.05) is 50.1 Å². The van der Waals surface area contributed by atoms with Crippen molar-refractivity contribution < 1.29 is 4.74 Å². The summed E-state index contributed by atoms with van der Waals surface area (Å²) in [5, 5.41) is 0.705. The first-order valence-electron chi connectivity index (χ1n) is 3.91. The molecule has 0 spiro atoms. The van der Waals surface area contributed by atoms with Gasteiger partial charge in [-0.3, -0.25) is 0 Å². The maximum Gasteiger partial charge on any atom is 0.141 e. The summed E-state index contributed by atoms with van der Waals surface area (Å²) in [5.41, 5.74) is 1.21. The number of halogens is 3. The maximum absolute atomic E-state index is 6.04. The van der Waals surface area contributed by atoms with E-state index in [2.05, 4.69) is 44.6 Å². The minimum atomic E-state index is 0.294. The van der Waals surface area contributed by atoms with Gasteiger partial charge in [0.15, 0.2) is 0 Å². The molecule has 1 atom stereocenters. The Bertz CT molecular complexity index is 343. The fourth-order valence-electron chi connectivity index (χ4n) is 1.44. The van der Waals surface area contributed by atoms with Crippen LogP contribution in [-0.4, -0.2) is 10.5 Å². The molecule has 0 saturated carbocycles. The van der Waals surface area contributed by atoms with Crippen LogP contribution < -0.4 is 4.74 Å². The Balaban J connectivity index is 2.40. The Kier molecular flexibility index (Phi) is 3.05. The van der Waals surface area contributed by atoms with Crippen LogP contribution in [0.4, 0.5) is 0 Å². The molecule has 0 radical (unpaired) electrons. The van der Waals surface area contributed by atoms with Crippen LogP contribution >= 0.6 is 50.1 Å². The van der Waals surface area contributed by atoms with Gasteiger partial charge >= 0.3 is 0 Å². The second kappa shape index (κ2) is 3.95. The predicted molar refractivity (Wildman–Crippen MR) is 66.2 cm³/mol. The third-order valence-electron chi connectivity index (χ3n) is 1.99. The number of benzene rings is 1. The monoisotopic (exact) mass is 372 g/mol. The molecule has 1 heterocycles. The lowest BCUT2D eigenvalue weighted by molar-refractivity contribution is 0.262. The fraction of sp³-hybridized carbons (Fsp3) is 0.333. The van der Waals surface area contributed by atoms with E-state index in [9.17, 15) is 0 Å². The van der Waals surface area contributed by atoms with E-state index in [0.29, 0.717) is 11.1 Å². The highest BCUT2D eigenvalue weighted by molar-refractivity contribution is 14.1. The second-order valence-electron chi connectivity index (χ2n) is 2.97. The van der Waals surface area contributed by atoms with Gasteiger partial charge in [-0.05, 0) is 12.1 Å². The summed E-state index contributed by atoms with van der Waals surface area (Å²) >= 11 is 11.8. The Morgan fingerprint density at radius 3 is 3.08 bits per heavy atom. The summed E-state index contributed by atoms with van der Waals surface area (Å²) in [7, 11) is 0. The van der Waals surface area contributed by atoms with Crippen molar-refractivity contribution in [3.63, 3.8) is 0 Å². The Labute approximate surface area is 104 Å². The molecule has 1 aliphatic heterocycles. The molecular formula is C9H7BrClIO. The number of fused-ring (bicyclic) bond motifs is 1. The number of rotatable bonds is 1. The van der Waals surface area contributed by atoms with Crippen LogP contribution in [0.1, 0.15) is 5.56 Å². The zero-order chi connectivity index (χ0) is 9.42. The van der Waals surface area contributed by atoms with Gasteiger partial charge in [0.05, 0.1) is 5.02 Å². The fourth-order valence-corrected chi connectivity index (χ4v) is 2.85. The highest BCUT2D eigenvalue weighted by atomic mass is 127. The van der Waals surface area contributed by atoms with Gasteiger partial charge in [0.1, 0.15) is 11.9 Å². The molecule has 13 heavy (non-hydrogen) atoms. The molecule has 1 aromatic carbocycles. The van der Waals surface area contributed by atoms with E-state index in [-0.39, 0.29) is 0 Å². The smallest absolute Gasteiger partial charge is 0.141 e. The van der Waals surface area contributed by atoms with Crippen molar-refractivity contribution in [1.29, 1.82) is 0 Å². The van der Waals surface area contributed by atoms with E-state index in [1.165, 1.54) is 5.56 Å². The van der Waals surface area contributed by atoms with Crippen molar-refractivity contribution in [3.05, 3.63) is 27.2 Å². The average molecular weight is 373 g/mol.